The lowest BCUT2D eigenvalue weighted by atomic mass is 10.1. The molecule has 1 unspecified atom stereocenters. The number of ether oxygens (including phenoxy) is 2. The van der Waals surface area contributed by atoms with E-state index < -0.39 is 16.1 Å². The number of rotatable bonds is 6. The summed E-state index contributed by atoms with van der Waals surface area (Å²) in [4.78, 5) is 11.4. The Morgan fingerprint density at radius 3 is 1.36 bits per heavy atom. The van der Waals surface area contributed by atoms with Crippen LogP contribution in [0.3, 0.4) is 0 Å². The van der Waals surface area contributed by atoms with Crippen molar-refractivity contribution in [3.05, 3.63) is 70.8 Å². The summed E-state index contributed by atoms with van der Waals surface area (Å²) >= 11 is 0. The Kier molecular flexibility index (Phi) is 7.90. The molecule has 3 nitrogen and oxygen atoms in total. The molecular weight excluding hydrogens is 446 g/mol. The predicted molar refractivity (Wildman–Crippen MR) is 146 cm³/mol. The van der Waals surface area contributed by atoms with Crippen molar-refractivity contribution >= 4 is 37.3 Å². The number of benzene rings is 3. The fourth-order valence-corrected chi connectivity index (χ4v) is 8.89. The van der Waals surface area contributed by atoms with Gasteiger partial charge >= 0.3 is 0 Å². The average Bonchev–Trinajstić information content (AvgIpc) is 2.73. The van der Waals surface area contributed by atoms with E-state index in [0.29, 0.717) is 0 Å². The molecule has 0 aliphatic carbocycles. The van der Waals surface area contributed by atoms with Crippen LogP contribution in [-0.2, 0) is 0 Å². The highest BCUT2D eigenvalue weighted by Crippen LogP contribution is 2.46. The van der Waals surface area contributed by atoms with E-state index in [1.165, 1.54) is 15.9 Å². The third-order valence-electron chi connectivity index (χ3n) is 5.80. The largest absolute Gasteiger partial charge is 0.496 e. The Morgan fingerprint density at radius 2 is 1.03 bits per heavy atom. The van der Waals surface area contributed by atoms with Crippen LogP contribution in [0.25, 0.3) is 0 Å². The second-order valence-corrected chi connectivity index (χ2v) is 14.2. The van der Waals surface area contributed by atoms with Gasteiger partial charge in [-0.2, -0.15) is 0 Å². The maximum Gasteiger partial charge on any atom is 0.124 e. The summed E-state index contributed by atoms with van der Waals surface area (Å²) in [6, 6.07) is 17.4. The molecule has 5 heteroatoms. The van der Waals surface area contributed by atoms with Crippen LogP contribution in [0.2, 0.25) is 0 Å². The van der Waals surface area contributed by atoms with Gasteiger partial charge in [-0.1, -0.05) is 45.0 Å². The van der Waals surface area contributed by atoms with Crippen LogP contribution in [0.1, 0.15) is 43.0 Å². The lowest BCUT2D eigenvalue weighted by molar-refractivity contribution is 0.408. The minimum atomic E-state index is -1.33. The van der Waals surface area contributed by atoms with Crippen molar-refractivity contribution in [3.8, 4) is 11.5 Å². The van der Waals surface area contributed by atoms with Crippen molar-refractivity contribution in [2.75, 3.05) is 14.2 Å². The first-order valence-corrected chi connectivity index (χ1v) is 13.8. The van der Waals surface area contributed by atoms with Crippen LogP contribution in [0.15, 0.2) is 48.5 Å². The fourth-order valence-electron chi connectivity index (χ4n) is 4.38. The maximum absolute atomic E-state index is 11.4. The van der Waals surface area contributed by atoms with Crippen molar-refractivity contribution < 1.29 is 14.4 Å². The van der Waals surface area contributed by atoms with E-state index in [9.17, 15) is 4.89 Å². The van der Waals surface area contributed by atoms with Crippen molar-refractivity contribution in [2.45, 2.75) is 53.6 Å². The minimum Gasteiger partial charge on any atom is -0.496 e. The summed E-state index contributed by atoms with van der Waals surface area (Å²) in [5.41, 5.74) is 4.51. The van der Waals surface area contributed by atoms with E-state index in [1.54, 1.807) is 14.2 Å². The van der Waals surface area contributed by atoms with E-state index in [4.69, 9.17) is 9.47 Å². The molecule has 0 aromatic heterocycles. The summed E-state index contributed by atoms with van der Waals surface area (Å²) in [5, 5.41) is 4.58. The van der Waals surface area contributed by atoms with Gasteiger partial charge in [0.05, 0.1) is 22.4 Å². The van der Waals surface area contributed by atoms with Crippen LogP contribution in [0, 0.1) is 27.7 Å². The van der Waals surface area contributed by atoms with Crippen molar-refractivity contribution in [1.29, 1.82) is 0 Å². The summed E-state index contributed by atoms with van der Waals surface area (Å²) in [7, 11) is 1.22. The molecule has 0 fully saturated rings. The lowest BCUT2D eigenvalue weighted by Gasteiger charge is -2.31. The zero-order valence-electron chi connectivity index (χ0n) is 21.3. The molecule has 3 aromatic carbocycles. The van der Waals surface area contributed by atoms with Crippen molar-refractivity contribution in [3.63, 3.8) is 0 Å². The molecule has 0 bridgehead atoms. The Bertz CT molecular complexity index is 1040. The van der Waals surface area contributed by atoms with Gasteiger partial charge in [0.1, 0.15) is 11.5 Å². The van der Waals surface area contributed by atoms with E-state index in [0.717, 1.165) is 39.1 Å². The van der Waals surface area contributed by atoms with Gasteiger partial charge in [-0.15, -0.1) is 0 Å². The molecule has 0 saturated carbocycles. The molecule has 33 heavy (non-hydrogen) atoms. The van der Waals surface area contributed by atoms with Crippen LogP contribution < -0.4 is 30.7 Å². The third-order valence-corrected chi connectivity index (χ3v) is 10.5. The molecule has 1 N–H and O–H groups in total. The third kappa shape index (κ3) is 5.27. The number of hydrogen-bond acceptors (Lipinski definition) is 3. The molecule has 0 amide bonds. The van der Waals surface area contributed by atoms with Gasteiger partial charge in [0.15, 0.2) is 0 Å². The van der Waals surface area contributed by atoms with Gasteiger partial charge in [-0.3, -0.25) is 0 Å². The van der Waals surface area contributed by atoms with Gasteiger partial charge < -0.3 is 14.4 Å². The molecule has 176 valence electrons. The lowest BCUT2D eigenvalue weighted by Crippen LogP contribution is -2.33. The molecule has 0 heterocycles. The minimum absolute atomic E-state index is 0.204. The smallest absolute Gasteiger partial charge is 0.124 e. The highest BCUT2D eigenvalue weighted by molar-refractivity contribution is 7.81. The highest BCUT2D eigenvalue weighted by atomic mass is 31.1. The summed E-state index contributed by atoms with van der Waals surface area (Å²) in [6.07, 6.45) is 0. The Morgan fingerprint density at radius 1 is 0.667 bits per heavy atom. The summed E-state index contributed by atoms with van der Waals surface area (Å²) in [6.45, 7) is 14.8. The Labute approximate surface area is 201 Å². The zero-order chi connectivity index (χ0) is 24.5. The monoisotopic (exact) mass is 482 g/mol. The quantitative estimate of drug-likeness (QED) is 0.471. The first kappa shape index (κ1) is 25.7. The average molecular weight is 483 g/mol. The van der Waals surface area contributed by atoms with E-state index in [2.05, 4.69) is 90.9 Å². The molecule has 0 aliphatic rings. The molecule has 0 spiro atoms. The topological polar surface area (TPSA) is 38.7 Å². The standard InChI is InChI=1S/C28H36O3P2/c1-18-14-22(15-19(2)26(18)30-8)32(23-16-20(3)27(31-9)21(4)17-23)24-12-10-11-13-25(24)33(29)28(5,6)7/h10-17,29H,1-9H3. The van der Waals surface area contributed by atoms with E-state index in [-0.39, 0.29) is 5.16 Å². The Hall–Kier alpha value is -1.92. The van der Waals surface area contributed by atoms with Gasteiger partial charge in [0.2, 0.25) is 0 Å². The highest BCUT2D eigenvalue weighted by Gasteiger charge is 2.30. The second kappa shape index (κ2) is 10.1. The number of hydrogen-bond donors (Lipinski definition) is 1. The van der Waals surface area contributed by atoms with Crippen LogP contribution in [0.4, 0.5) is 0 Å². The molecule has 3 rings (SSSR count). The molecule has 0 saturated heterocycles. The van der Waals surface area contributed by atoms with Crippen molar-refractivity contribution in [1.82, 2.24) is 0 Å². The van der Waals surface area contributed by atoms with Crippen molar-refractivity contribution in [2.24, 2.45) is 0 Å². The first-order valence-electron chi connectivity index (χ1n) is 11.2. The number of aryl methyl sites for hydroxylation is 4. The molecular formula is C28H36O3P2. The van der Waals surface area contributed by atoms with Gasteiger partial charge in [-0.05, 0) is 98.0 Å². The summed E-state index contributed by atoms with van der Waals surface area (Å²) in [5.74, 6) is 1.87. The predicted octanol–water partition coefficient (Wildman–Crippen LogP) is 5.51. The SMILES string of the molecule is COc1c(C)cc(P(c2cc(C)c(OC)c(C)c2)c2ccccc2P(O)C(C)(C)C)cc1C. The second-order valence-electron chi connectivity index (χ2n) is 9.53. The van der Waals surface area contributed by atoms with Gasteiger partial charge in [0.25, 0.3) is 0 Å². The van der Waals surface area contributed by atoms with Crippen LogP contribution in [-0.4, -0.2) is 24.3 Å². The van der Waals surface area contributed by atoms with E-state index >= 15 is 0 Å². The Balaban J connectivity index is 2.34. The maximum atomic E-state index is 11.4. The zero-order valence-corrected chi connectivity index (χ0v) is 23.1. The number of methoxy groups -OCH3 is 2. The first-order chi connectivity index (χ1) is 15.5. The van der Waals surface area contributed by atoms with Crippen LogP contribution >= 0.6 is 16.1 Å². The molecule has 0 aliphatic heterocycles. The molecule has 0 radical (unpaired) electrons. The normalized spacial score (nSPS) is 12.7. The molecule has 1 atom stereocenters. The van der Waals surface area contributed by atoms with E-state index in [1.807, 2.05) is 6.07 Å². The van der Waals surface area contributed by atoms with Crippen LogP contribution in [0.5, 0.6) is 11.5 Å². The van der Waals surface area contributed by atoms with Gasteiger partial charge in [0, 0.05) is 10.5 Å². The van der Waals surface area contributed by atoms with Gasteiger partial charge in [-0.25, -0.2) is 0 Å². The fraction of sp³-hybridized carbons (Fsp3) is 0.357. The summed E-state index contributed by atoms with van der Waals surface area (Å²) < 4.78 is 11.3. The molecule has 3 aromatic rings.